The number of nitrogens with zero attached hydrogens (tertiary/aromatic N) is 4. The lowest BCUT2D eigenvalue weighted by Crippen LogP contribution is -2.48. The first-order valence-electron chi connectivity index (χ1n) is 8.03. The second-order valence-corrected chi connectivity index (χ2v) is 7.99. The van der Waals surface area contributed by atoms with Crippen LogP contribution in [0.15, 0.2) is 44.3 Å². The van der Waals surface area contributed by atoms with Crippen LogP contribution in [-0.4, -0.2) is 54.1 Å². The van der Waals surface area contributed by atoms with Gasteiger partial charge in [0.1, 0.15) is 21.9 Å². The Kier molecular flexibility index (Phi) is 4.06. The molecule has 1 fully saturated rings. The molecule has 0 unspecified atom stereocenters. The smallest absolute Gasteiger partial charge is 0.245 e. The minimum absolute atomic E-state index is 0.140. The molecule has 132 valence electrons. The normalized spacial score (nSPS) is 17.3. The number of hydrogen-bond donors (Lipinski definition) is 0. The molecular formula is C16H18N4O4S. The minimum atomic E-state index is -3.63. The molecule has 0 saturated carbocycles. The number of aryl methyl sites for hydroxylation is 1. The maximum absolute atomic E-state index is 12.9. The Balaban J connectivity index is 1.49. The number of furan rings is 1. The first-order chi connectivity index (χ1) is 12.0. The van der Waals surface area contributed by atoms with Crippen molar-refractivity contribution in [2.75, 3.05) is 26.2 Å². The summed E-state index contributed by atoms with van der Waals surface area (Å²) in [6, 6.07) is 8.75. The van der Waals surface area contributed by atoms with Gasteiger partial charge in [0.25, 0.3) is 0 Å². The van der Waals surface area contributed by atoms with Gasteiger partial charge < -0.3 is 4.42 Å². The molecule has 0 radical (unpaired) electrons. The number of piperazine rings is 1. The van der Waals surface area contributed by atoms with Crippen LogP contribution in [0.1, 0.15) is 11.5 Å². The number of sulfonamides is 1. The lowest BCUT2D eigenvalue weighted by atomic mass is 10.3. The summed E-state index contributed by atoms with van der Waals surface area (Å²) in [5, 5.41) is 7.45. The summed E-state index contributed by atoms with van der Waals surface area (Å²) in [4.78, 5) is 2.32. The molecule has 0 spiro atoms. The highest BCUT2D eigenvalue weighted by molar-refractivity contribution is 7.89. The lowest BCUT2D eigenvalue weighted by Gasteiger charge is -2.33. The highest BCUT2D eigenvalue weighted by Crippen LogP contribution is 2.24. The van der Waals surface area contributed by atoms with Gasteiger partial charge in [0.05, 0.1) is 6.54 Å². The number of hydrogen-bond acceptors (Lipinski definition) is 7. The topological polar surface area (TPSA) is 92.7 Å². The molecule has 1 aromatic carbocycles. The van der Waals surface area contributed by atoms with Crippen molar-refractivity contribution in [3.63, 3.8) is 0 Å². The standard InChI is InChI=1S/C16H18N4O4S/c1-12-5-6-13(23-12)11-19-7-9-20(10-8-19)25(21,22)15-4-2-3-14-16(15)18-24-17-14/h2-6H,7-11H2,1H3. The summed E-state index contributed by atoms with van der Waals surface area (Å²) in [5.41, 5.74) is 0.712. The second kappa shape index (κ2) is 6.25. The van der Waals surface area contributed by atoms with Gasteiger partial charge in [-0.05, 0) is 41.5 Å². The highest BCUT2D eigenvalue weighted by atomic mass is 32.2. The molecule has 0 bridgehead atoms. The van der Waals surface area contributed by atoms with E-state index in [1.54, 1.807) is 18.2 Å². The number of aromatic nitrogens is 2. The molecule has 0 atom stereocenters. The molecule has 1 aliphatic rings. The first kappa shape index (κ1) is 16.2. The van der Waals surface area contributed by atoms with Crippen LogP contribution in [-0.2, 0) is 16.6 Å². The zero-order valence-corrected chi connectivity index (χ0v) is 14.6. The van der Waals surface area contributed by atoms with Crippen LogP contribution in [0.5, 0.6) is 0 Å². The van der Waals surface area contributed by atoms with Crippen molar-refractivity contribution in [2.24, 2.45) is 0 Å². The van der Waals surface area contributed by atoms with Crippen LogP contribution >= 0.6 is 0 Å². The Morgan fingerprint density at radius 3 is 2.60 bits per heavy atom. The third-order valence-corrected chi connectivity index (χ3v) is 6.30. The van der Waals surface area contributed by atoms with Gasteiger partial charge in [-0.1, -0.05) is 6.07 Å². The van der Waals surface area contributed by atoms with Crippen LogP contribution < -0.4 is 0 Å². The Morgan fingerprint density at radius 1 is 1.08 bits per heavy atom. The molecule has 25 heavy (non-hydrogen) atoms. The Bertz CT molecular complexity index is 986. The third kappa shape index (κ3) is 3.06. The molecule has 3 aromatic rings. The van der Waals surface area contributed by atoms with Gasteiger partial charge in [-0.25, -0.2) is 13.0 Å². The van der Waals surface area contributed by atoms with E-state index in [0.717, 1.165) is 11.5 Å². The van der Waals surface area contributed by atoms with E-state index in [4.69, 9.17) is 4.42 Å². The Morgan fingerprint density at radius 2 is 1.88 bits per heavy atom. The van der Waals surface area contributed by atoms with Gasteiger partial charge in [0, 0.05) is 26.2 Å². The lowest BCUT2D eigenvalue weighted by molar-refractivity contribution is 0.170. The molecule has 0 aliphatic carbocycles. The molecule has 3 heterocycles. The summed E-state index contributed by atoms with van der Waals surface area (Å²) in [6.45, 7) is 4.73. The molecule has 1 aliphatic heterocycles. The zero-order valence-electron chi connectivity index (χ0n) is 13.8. The fourth-order valence-corrected chi connectivity index (χ4v) is 4.61. The van der Waals surface area contributed by atoms with Crippen LogP contribution in [0.3, 0.4) is 0 Å². The fraction of sp³-hybridized carbons (Fsp3) is 0.375. The van der Waals surface area contributed by atoms with E-state index in [0.29, 0.717) is 38.2 Å². The van der Waals surface area contributed by atoms with Gasteiger partial charge in [-0.15, -0.1) is 0 Å². The van der Waals surface area contributed by atoms with E-state index in [9.17, 15) is 8.42 Å². The minimum Gasteiger partial charge on any atom is -0.465 e. The summed E-state index contributed by atoms with van der Waals surface area (Å²) >= 11 is 0. The second-order valence-electron chi connectivity index (χ2n) is 6.08. The highest BCUT2D eigenvalue weighted by Gasteiger charge is 2.31. The molecular weight excluding hydrogens is 344 g/mol. The quantitative estimate of drug-likeness (QED) is 0.696. The fourth-order valence-electron chi connectivity index (χ4n) is 3.05. The molecule has 0 amide bonds. The van der Waals surface area contributed by atoms with Crippen LogP contribution in [0.25, 0.3) is 11.0 Å². The maximum Gasteiger partial charge on any atom is 0.245 e. The summed E-state index contributed by atoms with van der Waals surface area (Å²) in [7, 11) is -3.63. The van der Waals surface area contributed by atoms with Gasteiger partial charge in [0.2, 0.25) is 10.0 Å². The molecule has 0 N–H and O–H groups in total. The largest absolute Gasteiger partial charge is 0.465 e. The predicted octanol–water partition coefficient (Wildman–Crippen LogP) is 1.63. The van der Waals surface area contributed by atoms with Crippen LogP contribution in [0.4, 0.5) is 0 Å². The number of rotatable bonds is 4. The first-order valence-corrected chi connectivity index (χ1v) is 9.47. The van der Waals surface area contributed by atoms with E-state index in [1.165, 1.54) is 4.31 Å². The van der Waals surface area contributed by atoms with Crippen molar-refractivity contribution in [2.45, 2.75) is 18.4 Å². The predicted molar refractivity (Wildman–Crippen MR) is 89.3 cm³/mol. The van der Waals surface area contributed by atoms with Crippen molar-refractivity contribution >= 4 is 21.1 Å². The van der Waals surface area contributed by atoms with Crippen LogP contribution in [0, 0.1) is 6.92 Å². The van der Waals surface area contributed by atoms with Crippen molar-refractivity contribution < 1.29 is 17.5 Å². The van der Waals surface area contributed by atoms with Gasteiger partial charge >= 0.3 is 0 Å². The van der Waals surface area contributed by atoms with Crippen molar-refractivity contribution in [3.8, 4) is 0 Å². The van der Waals surface area contributed by atoms with E-state index in [1.807, 2.05) is 19.1 Å². The van der Waals surface area contributed by atoms with Gasteiger partial charge in [-0.3, -0.25) is 4.90 Å². The molecule has 4 rings (SSSR count). The summed E-state index contributed by atoms with van der Waals surface area (Å²) in [6.07, 6.45) is 0. The van der Waals surface area contributed by atoms with E-state index < -0.39 is 10.0 Å². The zero-order chi connectivity index (χ0) is 17.4. The third-order valence-electron chi connectivity index (χ3n) is 4.37. The van der Waals surface area contributed by atoms with Crippen molar-refractivity contribution in [1.82, 2.24) is 19.5 Å². The van der Waals surface area contributed by atoms with E-state index in [2.05, 4.69) is 19.8 Å². The van der Waals surface area contributed by atoms with Gasteiger partial charge in [0.15, 0.2) is 5.52 Å². The maximum atomic E-state index is 12.9. The van der Waals surface area contributed by atoms with Crippen LogP contribution in [0.2, 0.25) is 0 Å². The Hall–Kier alpha value is -2.23. The molecule has 1 saturated heterocycles. The van der Waals surface area contributed by atoms with Crippen molar-refractivity contribution in [1.29, 1.82) is 0 Å². The van der Waals surface area contributed by atoms with E-state index in [-0.39, 0.29) is 10.4 Å². The Labute approximate surface area is 145 Å². The average Bonchev–Trinajstić information content (AvgIpc) is 3.23. The monoisotopic (exact) mass is 362 g/mol. The number of fused-ring (bicyclic) bond motifs is 1. The average molecular weight is 362 g/mol. The number of benzene rings is 1. The SMILES string of the molecule is Cc1ccc(CN2CCN(S(=O)(=O)c3cccc4nonc34)CC2)o1. The summed E-state index contributed by atoms with van der Waals surface area (Å²) < 4.78 is 37.6. The summed E-state index contributed by atoms with van der Waals surface area (Å²) in [5.74, 6) is 1.78. The van der Waals surface area contributed by atoms with Gasteiger partial charge in [-0.2, -0.15) is 4.31 Å². The molecule has 2 aromatic heterocycles. The van der Waals surface area contributed by atoms with Crippen molar-refractivity contribution in [3.05, 3.63) is 41.9 Å². The molecule has 9 heteroatoms. The van der Waals surface area contributed by atoms with E-state index >= 15 is 0 Å². The molecule has 8 nitrogen and oxygen atoms in total.